The molecule has 0 unspecified atom stereocenters. The monoisotopic (exact) mass is 394 g/mol. The summed E-state index contributed by atoms with van der Waals surface area (Å²) in [6, 6.07) is 10.2. The fraction of sp³-hybridized carbons (Fsp3) is 0.222. The van der Waals surface area contributed by atoms with Crippen LogP contribution in [0, 0.1) is 0 Å². The smallest absolute Gasteiger partial charge is 0.255 e. The van der Waals surface area contributed by atoms with Crippen molar-refractivity contribution in [3.05, 3.63) is 58.6 Å². The summed E-state index contributed by atoms with van der Waals surface area (Å²) in [5, 5.41) is 5.72. The molecular weight excluding hydrogens is 376 g/mol. The van der Waals surface area contributed by atoms with Crippen LogP contribution in [0.15, 0.2) is 47.4 Å². The number of hydrogen-bond donors (Lipinski definition) is 2. The van der Waals surface area contributed by atoms with Gasteiger partial charge in [0.15, 0.2) is 9.84 Å². The quantitative estimate of drug-likeness (QED) is 0.787. The van der Waals surface area contributed by atoms with Crippen LogP contribution in [0.3, 0.4) is 0 Å². The molecule has 2 rings (SSSR count). The van der Waals surface area contributed by atoms with E-state index >= 15 is 0 Å². The van der Waals surface area contributed by atoms with Crippen molar-refractivity contribution in [1.29, 1.82) is 0 Å². The van der Waals surface area contributed by atoms with Crippen molar-refractivity contribution >= 4 is 38.9 Å². The van der Waals surface area contributed by atoms with Crippen LogP contribution in [0.5, 0.6) is 0 Å². The molecule has 0 spiro atoms. The highest BCUT2D eigenvalue weighted by Crippen LogP contribution is 2.22. The van der Waals surface area contributed by atoms with E-state index in [-0.39, 0.29) is 27.6 Å². The van der Waals surface area contributed by atoms with Crippen LogP contribution in [0.4, 0.5) is 5.69 Å². The third-order valence-electron chi connectivity index (χ3n) is 3.53. The van der Waals surface area contributed by atoms with Gasteiger partial charge in [-0.2, -0.15) is 0 Å². The predicted molar refractivity (Wildman–Crippen MR) is 102 cm³/mol. The van der Waals surface area contributed by atoms with Gasteiger partial charge in [-0.1, -0.05) is 24.6 Å². The van der Waals surface area contributed by atoms with Crippen molar-refractivity contribution < 1.29 is 18.0 Å². The second-order valence-electron chi connectivity index (χ2n) is 5.70. The molecule has 0 atom stereocenters. The van der Waals surface area contributed by atoms with E-state index in [1.807, 2.05) is 6.92 Å². The van der Waals surface area contributed by atoms with Crippen LogP contribution < -0.4 is 10.6 Å². The number of carbonyl (C=O) groups is 2. The lowest BCUT2D eigenvalue weighted by Crippen LogP contribution is -2.25. The van der Waals surface area contributed by atoms with Gasteiger partial charge in [0.25, 0.3) is 11.8 Å². The minimum atomic E-state index is -3.44. The standard InChI is InChI=1S/C18H19ClN2O4S/c1-3-9-20-18(23)15-8-7-13(19)11-16(15)21-17(22)12-5-4-6-14(10-12)26(2,24)25/h4-8,10-11H,3,9H2,1-2H3,(H,20,23)(H,21,22). The molecule has 2 amide bonds. The highest BCUT2D eigenvalue weighted by Gasteiger charge is 2.16. The Labute approximate surface area is 157 Å². The van der Waals surface area contributed by atoms with Gasteiger partial charge < -0.3 is 10.6 Å². The number of anilines is 1. The second kappa shape index (κ2) is 8.33. The second-order valence-corrected chi connectivity index (χ2v) is 8.15. The number of nitrogens with one attached hydrogen (secondary N) is 2. The Morgan fingerprint density at radius 1 is 1.08 bits per heavy atom. The molecule has 0 aliphatic heterocycles. The molecule has 138 valence electrons. The first-order valence-electron chi connectivity index (χ1n) is 7.91. The Bertz CT molecular complexity index is 942. The van der Waals surface area contributed by atoms with E-state index in [9.17, 15) is 18.0 Å². The van der Waals surface area contributed by atoms with E-state index < -0.39 is 15.7 Å². The molecule has 0 saturated heterocycles. The van der Waals surface area contributed by atoms with Crippen molar-refractivity contribution in [2.45, 2.75) is 18.2 Å². The summed E-state index contributed by atoms with van der Waals surface area (Å²) in [6.07, 6.45) is 1.84. The molecule has 0 aliphatic rings. The maximum atomic E-state index is 12.5. The number of carbonyl (C=O) groups excluding carboxylic acids is 2. The zero-order valence-corrected chi connectivity index (χ0v) is 15.9. The Kier molecular flexibility index (Phi) is 6.39. The minimum Gasteiger partial charge on any atom is -0.352 e. The predicted octanol–water partition coefficient (Wildman–Crippen LogP) is 3.14. The summed E-state index contributed by atoms with van der Waals surface area (Å²) >= 11 is 5.98. The van der Waals surface area contributed by atoms with Gasteiger partial charge in [-0.15, -0.1) is 0 Å². The third kappa shape index (κ3) is 5.06. The largest absolute Gasteiger partial charge is 0.352 e. The lowest BCUT2D eigenvalue weighted by atomic mass is 10.1. The molecule has 0 radical (unpaired) electrons. The Morgan fingerprint density at radius 3 is 2.46 bits per heavy atom. The Hall–Kier alpha value is -2.38. The molecule has 0 bridgehead atoms. The van der Waals surface area contributed by atoms with Crippen LogP contribution >= 0.6 is 11.6 Å². The molecule has 6 nitrogen and oxygen atoms in total. The number of hydrogen-bond acceptors (Lipinski definition) is 4. The highest BCUT2D eigenvalue weighted by molar-refractivity contribution is 7.90. The molecule has 2 N–H and O–H groups in total. The average Bonchev–Trinajstić information content (AvgIpc) is 2.59. The number of halogens is 1. The van der Waals surface area contributed by atoms with Crippen LogP contribution in [0.1, 0.15) is 34.1 Å². The van der Waals surface area contributed by atoms with E-state index in [4.69, 9.17) is 11.6 Å². The van der Waals surface area contributed by atoms with Crippen LogP contribution in [-0.2, 0) is 9.84 Å². The van der Waals surface area contributed by atoms with Crippen molar-refractivity contribution in [3.63, 3.8) is 0 Å². The highest BCUT2D eigenvalue weighted by atomic mass is 35.5. The zero-order chi connectivity index (χ0) is 19.3. The van der Waals surface area contributed by atoms with Gasteiger partial charge in [0.05, 0.1) is 16.1 Å². The lowest BCUT2D eigenvalue weighted by Gasteiger charge is -2.12. The molecule has 0 aromatic heterocycles. The van der Waals surface area contributed by atoms with Gasteiger partial charge in [-0.3, -0.25) is 9.59 Å². The molecule has 2 aromatic carbocycles. The molecule has 0 fully saturated rings. The molecule has 0 heterocycles. The number of amides is 2. The molecule has 8 heteroatoms. The number of benzene rings is 2. The fourth-order valence-electron chi connectivity index (χ4n) is 2.21. The maximum absolute atomic E-state index is 12.5. The van der Waals surface area contributed by atoms with Gasteiger partial charge >= 0.3 is 0 Å². The van der Waals surface area contributed by atoms with E-state index in [1.165, 1.54) is 36.4 Å². The fourth-order valence-corrected chi connectivity index (χ4v) is 3.05. The summed E-state index contributed by atoms with van der Waals surface area (Å²) in [4.78, 5) is 24.8. The molecule has 2 aromatic rings. The first-order chi connectivity index (χ1) is 12.2. The van der Waals surface area contributed by atoms with Gasteiger partial charge in [-0.05, 0) is 42.8 Å². The van der Waals surface area contributed by atoms with Crippen molar-refractivity contribution in [1.82, 2.24) is 5.32 Å². The van der Waals surface area contributed by atoms with Gasteiger partial charge in [0.2, 0.25) is 0 Å². The number of sulfone groups is 1. The molecule has 0 saturated carbocycles. The van der Waals surface area contributed by atoms with Gasteiger partial charge in [0, 0.05) is 23.4 Å². The first-order valence-corrected chi connectivity index (χ1v) is 10.2. The Balaban J connectivity index is 2.32. The van der Waals surface area contributed by atoms with E-state index in [0.717, 1.165) is 12.7 Å². The maximum Gasteiger partial charge on any atom is 0.255 e. The normalized spacial score (nSPS) is 11.0. The number of rotatable bonds is 6. The lowest BCUT2D eigenvalue weighted by molar-refractivity contribution is 0.0954. The van der Waals surface area contributed by atoms with E-state index in [0.29, 0.717) is 11.6 Å². The summed E-state index contributed by atoms with van der Waals surface area (Å²) in [5.74, 6) is -0.869. The van der Waals surface area contributed by atoms with Gasteiger partial charge in [-0.25, -0.2) is 8.42 Å². The zero-order valence-electron chi connectivity index (χ0n) is 14.4. The van der Waals surface area contributed by atoms with Gasteiger partial charge in [0.1, 0.15) is 0 Å². The summed E-state index contributed by atoms with van der Waals surface area (Å²) in [5.41, 5.74) is 0.684. The SMILES string of the molecule is CCCNC(=O)c1ccc(Cl)cc1NC(=O)c1cccc(S(C)(=O)=O)c1. The third-order valence-corrected chi connectivity index (χ3v) is 4.88. The van der Waals surface area contributed by atoms with Crippen molar-refractivity contribution in [3.8, 4) is 0 Å². The van der Waals surface area contributed by atoms with Crippen molar-refractivity contribution in [2.24, 2.45) is 0 Å². The van der Waals surface area contributed by atoms with E-state index in [1.54, 1.807) is 6.07 Å². The average molecular weight is 395 g/mol. The molecule has 26 heavy (non-hydrogen) atoms. The summed E-state index contributed by atoms with van der Waals surface area (Å²) in [6.45, 7) is 2.44. The molecule has 0 aliphatic carbocycles. The summed E-state index contributed by atoms with van der Waals surface area (Å²) in [7, 11) is -3.44. The van der Waals surface area contributed by atoms with Crippen molar-refractivity contribution in [2.75, 3.05) is 18.1 Å². The minimum absolute atomic E-state index is 0.0390. The topological polar surface area (TPSA) is 92.3 Å². The van der Waals surface area contributed by atoms with Crippen LogP contribution in [-0.4, -0.2) is 33.0 Å². The van der Waals surface area contributed by atoms with E-state index in [2.05, 4.69) is 10.6 Å². The van der Waals surface area contributed by atoms with Crippen LogP contribution in [0.25, 0.3) is 0 Å². The Morgan fingerprint density at radius 2 is 1.81 bits per heavy atom. The molecular formula is C18H19ClN2O4S. The summed E-state index contributed by atoms with van der Waals surface area (Å²) < 4.78 is 23.3. The van der Waals surface area contributed by atoms with Crippen LogP contribution in [0.2, 0.25) is 5.02 Å². The first kappa shape index (κ1) is 19.9.